The summed E-state index contributed by atoms with van der Waals surface area (Å²) >= 11 is 0.922. The summed E-state index contributed by atoms with van der Waals surface area (Å²) in [5.74, 6) is -2.78. The van der Waals surface area contributed by atoms with Crippen molar-refractivity contribution in [3.8, 4) is 5.75 Å². The lowest BCUT2D eigenvalue weighted by atomic mass is 10.1. The van der Waals surface area contributed by atoms with Gasteiger partial charge >= 0.3 is 17.6 Å². The monoisotopic (exact) mass is 521 g/mol. The van der Waals surface area contributed by atoms with Crippen molar-refractivity contribution in [2.24, 2.45) is 0 Å². The summed E-state index contributed by atoms with van der Waals surface area (Å²) < 4.78 is 14.9. The molecule has 0 bridgehead atoms. The number of ether oxygens (including phenoxy) is 3. The molecule has 1 aromatic carbocycles. The van der Waals surface area contributed by atoms with Gasteiger partial charge in [0.1, 0.15) is 5.00 Å². The van der Waals surface area contributed by atoms with Crippen molar-refractivity contribution in [2.45, 2.75) is 27.7 Å². The molecule has 1 aromatic heterocycles. The van der Waals surface area contributed by atoms with E-state index < -0.39 is 35.1 Å². The van der Waals surface area contributed by atoms with E-state index in [1.807, 2.05) is 13.8 Å². The molecule has 12 nitrogen and oxygen atoms in total. The van der Waals surface area contributed by atoms with Crippen molar-refractivity contribution in [1.29, 1.82) is 0 Å². The molecule has 0 aliphatic rings. The zero-order valence-electron chi connectivity index (χ0n) is 20.5. The number of carbonyl (C=O) groups excluding carboxylic acids is 4. The number of nitrogens with zero attached hydrogens (tertiary/aromatic N) is 2. The van der Waals surface area contributed by atoms with Crippen LogP contribution in [0.25, 0.3) is 0 Å². The first-order valence-electron chi connectivity index (χ1n) is 11.0. The number of methoxy groups -OCH3 is 1. The average Bonchev–Trinajstić information content (AvgIpc) is 3.18. The van der Waals surface area contributed by atoms with Gasteiger partial charge in [0, 0.05) is 19.2 Å². The van der Waals surface area contributed by atoms with Crippen LogP contribution in [0.1, 0.15) is 56.7 Å². The Hall–Kier alpha value is -4.00. The number of thiophene rings is 1. The van der Waals surface area contributed by atoms with Crippen molar-refractivity contribution in [1.82, 2.24) is 4.90 Å². The fourth-order valence-corrected chi connectivity index (χ4v) is 4.42. The minimum atomic E-state index is -0.971. The predicted octanol–water partition coefficient (Wildman–Crippen LogP) is 3.43. The van der Waals surface area contributed by atoms with Crippen LogP contribution in [0.2, 0.25) is 0 Å². The second-order valence-corrected chi connectivity index (χ2v) is 8.25. The van der Waals surface area contributed by atoms with Crippen LogP contribution in [-0.2, 0) is 14.3 Å². The third-order valence-electron chi connectivity index (χ3n) is 5.07. The minimum Gasteiger partial charge on any atom is -0.490 e. The Balaban J connectivity index is 2.23. The van der Waals surface area contributed by atoms with Gasteiger partial charge in [-0.15, -0.1) is 11.3 Å². The van der Waals surface area contributed by atoms with Gasteiger partial charge in [0.05, 0.1) is 34.6 Å². The second kappa shape index (κ2) is 12.6. The Morgan fingerprint density at radius 1 is 1.08 bits per heavy atom. The highest BCUT2D eigenvalue weighted by molar-refractivity contribution is 7.18. The van der Waals surface area contributed by atoms with E-state index in [2.05, 4.69) is 5.32 Å². The number of anilines is 1. The lowest BCUT2D eigenvalue weighted by Gasteiger charge is -2.18. The van der Waals surface area contributed by atoms with Crippen LogP contribution in [0.3, 0.4) is 0 Å². The van der Waals surface area contributed by atoms with E-state index in [1.54, 1.807) is 18.7 Å². The molecule has 0 aliphatic heterocycles. The normalized spacial score (nSPS) is 10.4. The molecule has 194 valence electrons. The van der Waals surface area contributed by atoms with Crippen molar-refractivity contribution < 1.29 is 38.3 Å². The fourth-order valence-electron chi connectivity index (χ4n) is 3.25. The van der Waals surface area contributed by atoms with Crippen LogP contribution in [0.15, 0.2) is 18.2 Å². The fraction of sp³-hybridized carbons (Fsp3) is 0.391. The predicted molar refractivity (Wildman–Crippen MR) is 131 cm³/mol. The van der Waals surface area contributed by atoms with Crippen LogP contribution in [0.5, 0.6) is 5.75 Å². The topological polar surface area (TPSA) is 154 Å². The first-order valence-corrected chi connectivity index (χ1v) is 11.8. The number of nitrogens with one attached hydrogen (secondary N) is 1. The Kier molecular flexibility index (Phi) is 9.91. The number of hydrogen-bond acceptors (Lipinski definition) is 10. The average molecular weight is 522 g/mol. The summed E-state index contributed by atoms with van der Waals surface area (Å²) in [6.07, 6.45) is 0. The number of rotatable bonds is 11. The van der Waals surface area contributed by atoms with Gasteiger partial charge in [0.2, 0.25) is 0 Å². The first-order chi connectivity index (χ1) is 17.1. The van der Waals surface area contributed by atoms with Crippen LogP contribution in [0, 0.1) is 17.0 Å². The highest BCUT2D eigenvalue weighted by atomic mass is 32.1. The second-order valence-electron chi connectivity index (χ2n) is 7.23. The molecule has 0 atom stereocenters. The molecule has 0 saturated carbocycles. The zero-order chi connectivity index (χ0) is 27.0. The standard InChI is InChI=1S/C23H27N3O9S/c1-6-25(7-2)21(28)19-13(4)18(23(30)34-8-3)20(36-19)24-17(27)12-35-22(29)14-9-10-16(33-5)15(11-14)26(31)32/h9-11H,6-8,12H2,1-5H3,(H,24,27). The van der Waals surface area contributed by atoms with Gasteiger partial charge in [-0.3, -0.25) is 19.7 Å². The highest BCUT2D eigenvalue weighted by Gasteiger charge is 2.28. The van der Waals surface area contributed by atoms with E-state index >= 15 is 0 Å². The number of carbonyl (C=O) groups is 4. The van der Waals surface area contributed by atoms with E-state index in [1.165, 1.54) is 19.2 Å². The van der Waals surface area contributed by atoms with Gasteiger partial charge in [-0.1, -0.05) is 0 Å². The molecule has 0 radical (unpaired) electrons. The summed E-state index contributed by atoms with van der Waals surface area (Å²) in [7, 11) is 1.25. The number of nitro groups is 1. The van der Waals surface area contributed by atoms with Crippen molar-refractivity contribution in [3.63, 3.8) is 0 Å². The third-order valence-corrected chi connectivity index (χ3v) is 6.27. The molecular weight excluding hydrogens is 494 g/mol. The smallest absolute Gasteiger partial charge is 0.341 e. The van der Waals surface area contributed by atoms with Crippen LogP contribution in [-0.4, -0.2) is 67.0 Å². The maximum absolute atomic E-state index is 12.9. The maximum atomic E-state index is 12.9. The Labute approximate surface area is 211 Å². The third kappa shape index (κ3) is 6.36. The Morgan fingerprint density at radius 3 is 2.31 bits per heavy atom. The van der Waals surface area contributed by atoms with E-state index in [4.69, 9.17) is 14.2 Å². The summed E-state index contributed by atoms with van der Waals surface area (Å²) in [4.78, 5) is 62.6. The van der Waals surface area contributed by atoms with Crippen LogP contribution in [0.4, 0.5) is 10.7 Å². The molecule has 0 unspecified atom stereocenters. The Bertz CT molecular complexity index is 1170. The molecular formula is C23H27N3O9S. The van der Waals surface area contributed by atoms with E-state index in [9.17, 15) is 29.3 Å². The number of esters is 2. The number of benzene rings is 1. The van der Waals surface area contributed by atoms with Gasteiger partial charge < -0.3 is 24.4 Å². The summed E-state index contributed by atoms with van der Waals surface area (Å²) in [5.41, 5.74) is -0.174. The summed E-state index contributed by atoms with van der Waals surface area (Å²) in [6, 6.07) is 3.48. The van der Waals surface area contributed by atoms with Crippen LogP contribution >= 0.6 is 11.3 Å². The number of amides is 2. The lowest BCUT2D eigenvalue weighted by molar-refractivity contribution is -0.385. The summed E-state index contributed by atoms with van der Waals surface area (Å²) in [5, 5.41) is 13.7. The molecule has 0 aliphatic carbocycles. The largest absolute Gasteiger partial charge is 0.490 e. The van der Waals surface area contributed by atoms with Gasteiger partial charge in [-0.25, -0.2) is 9.59 Å². The zero-order valence-corrected chi connectivity index (χ0v) is 21.4. The molecule has 1 heterocycles. The molecule has 13 heteroatoms. The number of hydrogen-bond donors (Lipinski definition) is 1. The molecule has 2 amide bonds. The van der Waals surface area contributed by atoms with E-state index in [-0.39, 0.29) is 39.3 Å². The van der Waals surface area contributed by atoms with Gasteiger partial charge in [-0.05, 0) is 45.4 Å². The van der Waals surface area contributed by atoms with Crippen molar-refractivity contribution in [3.05, 3.63) is 49.9 Å². The molecule has 0 fully saturated rings. The molecule has 1 N–H and O–H groups in total. The minimum absolute atomic E-state index is 0.0380. The highest BCUT2D eigenvalue weighted by Crippen LogP contribution is 2.35. The number of nitro benzene ring substituents is 1. The maximum Gasteiger partial charge on any atom is 0.341 e. The SMILES string of the molecule is CCOC(=O)c1c(NC(=O)COC(=O)c2ccc(OC)c([N+](=O)[O-])c2)sc(C(=O)N(CC)CC)c1C. The molecule has 2 rings (SSSR count). The van der Waals surface area contributed by atoms with E-state index in [0.717, 1.165) is 17.4 Å². The summed E-state index contributed by atoms with van der Waals surface area (Å²) in [6.45, 7) is 7.14. The van der Waals surface area contributed by atoms with Gasteiger partial charge in [-0.2, -0.15) is 0 Å². The quantitative estimate of drug-likeness (QED) is 0.266. The first kappa shape index (κ1) is 28.2. The lowest BCUT2D eigenvalue weighted by Crippen LogP contribution is -2.30. The molecule has 36 heavy (non-hydrogen) atoms. The van der Waals surface area contributed by atoms with Crippen molar-refractivity contribution >= 4 is 45.8 Å². The van der Waals surface area contributed by atoms with Crippen molar-refractivity contribution in [2.75, 3.05) is 38.7 Å². The van der Waals surface area contributed by atoms with E-state index in [0.29, 0.717) is 18.7 Å². The van der Waals surface area contributed by atoms with Gasteiger partial charge in [0.25, 0.3) is 11.8 Å². The molecule has 2 aromatic rings. The molecule has 0 spiro atoms. The van der Waals surface area contributed by atoms with Gasteiger partial charge in [0.15, 0.2) is 12.4 Å². The molecule has 0 saturated heterocycles. The Morgan fingerprint density at radius 2 is 1.75 bits per heavy atom. The van der Waals surface area contributed by atoms with Crippen LogP contribution < -0.4 is 10.1 Å².